The Labute approximate surface area is 160 Å². The van der Waals surface area contributed by atoms with Gasteiger partial charge in [-0.15, -0.1) is 0 Å². The smallest absolute Gasteiger partial charge is 0.0643 e. The SMILES string of the molecule is c1cc2c(C3CCN(c4ccc(N5CCOCC5)cc4)CC3)c[nH]c2cn1. The van der Waals surface area contributed by atoms with Crippen LogP contribution in [-0.4, -0.2) is 49.4 Å². The first-order chi connectivity index (χ1) is 13.4. The average molecular weight is 362 g/mol. The monoisotopic (exact) mass is 362 g/mol. The van der Waals surface area contributed by atoms with Crippen molar-refractivity contribution in [2.24, 2.45) is 0 Å². The summed E-state index contributed by atoms with van der Waals surface area (Å²) < 4.78 is 5.45. The van der Waals surface area contributed by atoms with E-state index in [1.165, 1.54) is 35.2 Å². The lowest BCUT2D eigenvalue weighted by molar-refractivity contribution is 0.122. The van der Waals surface area contributed by atoms with Crippen molar-refractivity contribution in [2.45, 2.75) is 18.8 Å². The fourth-order valence-electron chi connectivity index (χ4n) is 4.48. The van der Waals surface area contributed by atoms with Crippen LogP contribution in [0.1, 0.15) is 24.3 Å². The van der Waals surface area contributed by atoms with Gasteiger partial charge < -0.3 is 19.5 Å². The van der Waals surface area contributed by atoms with Crippen molar-refractivity contribution in [3.63, 3.8) is 0 Å². The van der Waals surface area contributed by atoms with Crippen molar-refractivity contribution < 1.29 is 4.74 Å². The van der Waals surface area contributed by atoms with Crippen molar-refractivity contribution in [3.8, 4) is 0 Å². The molecule has 1 aromatic carbocycles. The molecule has 0 unspecified atom stereocenters. The molecule has 0 amide bonds. The zero-order chi connectivity index (χ0) is 18.1. The van der Waals surface area contributed by atoms with Gasteiger partial charge in [0.1, 0.15) is 0 Å². The van der Waals surface area contributed by atoms with E-state index < -0.39 is 0 Å². The van der Waals surface area contributed by atoms with Crippen molar-refractivity contribution in [1.29, 1.82) is 0 Å². The Bertz CT molecular complexity index is 890. The standard InChI is InChI=1S/C22H26N4O/c1-3-19(26-11-13-27-14-12-26)4-2-18(1)25-9-6-17(7-10-25)21-15-24-22-16-23-8-5-20(21)22/h1-5,8,15-17,24H,6-7,9-14H2. The van der Waals surface area contributed by atoms with Gasteiger partial charge in [0, 0.05) is 55.3 Å². The van der Waals surface area contributed by atoms with Crippen LogP contribution in [0, 0.1) is 0 Å². The van der Waals surface area contributed by atoms with Crippen molar-refractivity contribution in [2.75, 3.05) is 49.2 Å². The summed E-state index contributed by atoms with van der Waals surface area (Å²) in [6.45, 7) is 5.87. The van der Waals surface area contributed by atoms with Gasteiger partial charge in [0.25, 0.3) is 0 Å². The summed E-state index contributed by atoms with van der Waals surface area (Å²) in [5.74, 6) is 0.630. The van der Waals surface area contributed by atoms with Gasteiger partial charge in [0.05, 0.1) is 24.9 Å². The molecule has 2 fully saturated rings. The van der Waals surface area contributed by atoms with Crippen molar-refractivity contribution in [3.05, 3.63) is 54.5 Å². The summed E-state index contributed by atoms with van der Waals surface area (Å²) in [6, 6.07) is 11.2. The molecule has 0 spiro atoms. The molecule has 1 N–H and O–H groups in total. The topological polar surface area (TPSA) is 44.4 Å². The van der Waals surface area contributed by atoms with Gasteiger partial charge in [-0.05, 0) is 54.7 Å². The highest BCUT2D eigenvalue weighted by Crippen LogP contribution is 2.34. The van der Waals surface area contributed by atoms with Gasteiger partial charge in [0.2, 0.25) is 0 Å². The van der Waals surface area contributed by atoms with E-state index in [1.807, 2.05) is 12.4 Å². The molecule has 2 aromatic heterocycles. The molecule has 5 heteroatoms. The first kappa shape index (κ1) is 16.6. The number of nitrogens with one attached hydrogen (secondary N) is 1. The van der Waals surface area contributed by atoms with Crippen LogP contribution < -0.4 is 9.80 Å². The molecule has 4 heterocycles. The number of H-pyrrole nitrogens is 1. The maximum Gasteiger partial charge on any atom is 0.0643 e. The molecule has 0 aliphatic carbocycles. The zero-order valence-electron chi connectivity index (χ0n) is 15.6. The third-order valence-corrected chi connectivity index (χ3v) is 6.04. The summed E-state index contributed by atoms with van der Waals surface area (Å²) in [4.78, 5) is 12.5. The summed E-state index contributed by atoms with van der Waals surface area (Å²) in [6.07, 6.45) is 8.39. The number of anilines is 2. The molecule has 2 aliphatic heterocycles. The van der Waals surface area contributed by atoms with E-state index in [9.17, 15) is 0 Å². The summed E-state index contributed by atoms with van der Waals surface area (Å²) >= 11 is 0. The summed E-state index contributed by atoms with van der Waals surface area (Å²) in [7, 11) is 0. The van der Waals surface area contributed by atoms with E-state index in [0.717, 1.165) is 44.9 Å². The first-order valence-electron chi connectivity index (χ1n) is 9.97. The molecule has 3 aromatic rings. The predicted octanol–water partition coefficient (Wildman–Crippen LogP) is 3.78. The fourth-order valence-corrected chi connectivity index (χ4v) is 4.48. The number of pyridine rings is 1. The van der Waals surface area contributed by atoms with E-state index in [2.05, 4.69) is 56.3 Å². The lowest BCUT2D eigenvalue weighted by atomic mass is 9.89. The van der Waals surface area contributed by atoms with Crippen molar-refractivity contribution >= 4 is 22.3 Å². The molecule has 5 rings (SSSR count). The van der Waals surface area contributed by atoms with Gasteiger partial charge in [-0.2, -0.15) is 0 Å². The van der Waals surface area contributed by atoms with E-state index in [1.54, 1.807) is 0 Å². The van der Waals surface area contributed by atoms with Crippen molar-refractivity contribution in [1.82, 2.24) is 9.97 Å². The quantitative estimate of drug-likeness (QED) is 0.770. The molecule has 140 valence electrons. The normalized spacial score (nSPS) is 19.0. The van der Waals surface area contributed by atoms with Crippen LogP contribution in [0.2, 0.25) is 0 Å². The number of morpholine rings is 1. The number of nitrogens with zero attached hydrogens (tertiary/aromatic N) is 3. The van der Waals surface area contributed by atoms with Gasteiger partial charge >= 0.3 is 0 Å². The maximum atomic E-state index is 5.45. The Balaban J connectivity index is 1.25. The highest BCUT2D eigenvalue weighted by molar-refractivity contribution is 5.82. The van der Waals surface area contributed by atoms with Gasteiger partial charge in [-0.3, -0.25) is 4.98 Å². The zero-order valence-corrected chi connectivity index (χ0v) is 15.6. The van der Waals surface area contributed by atoms with Crippen LogP contribution >= 0.6 is 0 Å². The summed E-state index contributed by atoms with van der Waals surface area (Å²) in [5.41, 5.74) is 5.25. The van der Waals surface area contributed by atoms with Crippen LogP contribution in [0.3, 0.4) is 0 Å². The minimum Gasteiger partial charge on any atom is -0.378 e. The van der Waals surface area contributed by atoms with E-state index in [4.69, 9.17) is 4.74 Å². The first-order valence-corrected chi connectivity index (χ1v) is 9.97. The predicted molar refractivity (Wildman–Crippen MR) is 110 cm³/mol. The Kier molecular flexibility index (Phi) is 4.46. The second-order valence-corrected chi connectivity index (χ2v) is 7.54. The van der Waals surface area contributed by atoms with Crippen LogP contribution in [0.5, 0.6) is 0 Å². The number of rotatable bonds is 3. The Morgan fingerprint density at radius 2 is 1.56 bits per heavy atom. The van der Waals surface area contributed by atoms with Crippen LogP contribution in [0.4, 0.5) is 11.4 Å². The minimum absolute atomic E-state index is 0.630. The Morgan fingerprint density at radius 3 is 2.26 bits per heavy atom. The second kappa shape index (κ2) is 7.24. The third kappa shape index (κ3) is 3.28. The average Bonchev–Trinajstić information content (AvgIpc) is 3.19. The number of benzene rings is 1. The maximum absolute atomic E-state index is 5.45. The number of aromatic amines is 1. The molecular weight excluding hydrogens is 336 g/mol. The number of ether oxygens (including phenoxy) is 1. The Morgan fingerprint density at radius 1 is 0.889 bits per heavy atom. The summed E-state index contributed by atoms with van der Waals surface area (Å²) in [5, 5.41) is 1.33. The second-order valence-electron chi connectivity index (χ2n) is 7.54. The molecule has 2 aliphatic rings. The molecular formula is C22H26N4O. The molecule has 5 nitrogen and oxygen atoms in total. The molecule has 0 atom stereocenters. The Hall–Kier alpha value is -2.53. The minimum atomic E-state index is 0.630. The molecule has 0 radical (unpaired) electrons. The molecule has 27 heavy (non-hydrogen) atoms. The van der Waals surface area contributed by atoms with Crippen LogP contribution in [0.15, 0.2) is 48.9 Å². The molecule has 0 bridgehead atoms. The van der Waals surface area contributed by atoms with E-state index >= 15 is 0 Å². The number of aromatic nitrogens is 2. The number of hydrogen-bond donors (Lipinski definition) is 1. The highest BCUT2D eigenvalue weighted by atomic mass is 16.5. The van der Waals surface area contributed by atoms with Gasteiger partial charge in [-0.1, -0.05) is 0 Å². The lowest BCUT2D eigenvalue weighted by Gasteiger charge is -2.34. The van der Waals surface area contributed by atoms with Gasteiger partial charge in [0.15, 0.2) is 0 Å². The third-order valence-electron chi connectivity index (χ3n) is 6.04. The molecule has 2 saturated heterocycles. The van der Waals surface area contributed by atoms with Gasteiger partial charge in [-0.25, -0.2) is 0 Å². The van der Waals surface area contributed by atoms with E-state index in [0.29, 0.717) is 5.92 Å². The number of hydrogen-bond acceptors (Lipinski definition) is 4. The largest absolute Gasteiger partial charge is 0.378 e. The van der Waals surface area contributed by atoms with Crippen LogP contribution in [-0.2, 0) is 4.74 Å². The molecule has 0 saturated carbocycles. The number of piperidine rings is 1. The van der Waals surface area contributed by atoms with E-state index in [-0.39, 0.29) is 0 Å². The number of fused-ring (bicyclic) bond motifs is 1. The fraction of sp³-hybridized carbons (Fsp3) is 0.409. The highest BCUT2D eigenvalue weighted by Gasteiger charge is 2.23. The lowest BCUT2D eigenvalue weighted by Crippen LogP contribution is -2.36. The van der Waals surface area contributed by atoms with Crippen LogP contribution in [0.25, 0.3) is 10.9 Å².